The minimum Gasteiger partial charge on any atom is -0.319 e. The number of anilines is 1. The standard InChI is InChI=1S/C12H6BrCl2FN2O/c13-6-4-8(14)10(9(15)5-6)18-12(19)7-2-1-3-17-11(7)16/h1-5H,(H,18,19). The number of carbonyl (C=O) groups excluding carboxylic acids is 1. The molecule has 0 atom stereocenters. The Morgan fingerprint density at radius 2 is 1.95 bits per heavy atom. The summed E-state index contributed by atoms with van der Waals surface area (Å²) in [5, 5.41) is 2.95. The minimum atomic E-state index is -0.857. The number of amides is 1. The Kier molecular flexibility index (Phi) is 4.39. The van der Waals surface area contributed by atoms with Crippen LogP contribution < -0.4 is 5.32 Å². The molecule has 0 saturated heterocycles. The topological polar surface area (TPSA) is 42.0 Å². The molecule has 3 nitrogen and oxygen atoms in total. The van der Waals surface area contributed by atoms with Gasteiger partial charge in [-0.3, -0.25) is 4.79 Å². The van der Waals surface area contributed by atoms with E-state index in [4.69, 9.17) is 23.2 Å². The van der Waals surface area contributed by atoms with Gasteiger partial charge >= 0.3 is 0 Å². The third-order valence-corrected chi connectivity index (χ3v) is 3.30. The van der Waals surface area contributed by atoms with Crippen LogP contribution in [0.1, 0.15) is 10.4 Å². The zero-order valence-electron chi connectivity index (χ0n) is 9.25. The van der Waals surface area contributed by atoms with E-state index in [1.807, 2.05) is 0 Å². The number of hydrogen-bond donors (Lipinski definition) is 1. The van der Waals surface area contributed by atoms with Crippen LogP contribution >= 0.6 is 39.1 Å². The van der Waals surface area contributed by atoms with Crippen molar-refractivity contribution >= 4 is 50.7 Å². The van der Waals surface area contributed by atoms with Crippen molar-refractivity contribution in [2.45, 2.75) is 0 Å². The van der Waals surface area contributed by atoms with Crippen molar-refractivity contribution < 1.29 is 9.18 Å². The first kappa shape index (κ1) is 14.2. The molecule has 7 heteroatoms. The average molecular weight is 364 g/mol. The number of benzene rings is 1. The largest absolute Gasteiger partial charge is 0.319 e. The molecule has 1 amide bonds. The van der Waals surface area contributed by atoms with E-state index in [1.54, 1.807) is 12.1 Å². The Labute approximate surface area is 126 Å². The van der Waals surface area contributed by atoms with Crippen molar-refractivity contribution in [1.82, 2.24) is 4.98 Å². The van der Waals surface area contributed by atoms with Crippen molar-refractivity contribution in [1.29, 1.82) is 0 Å². The van der Waals surface area contributed by atoms with Gasteiger partial charge in [0.2, 0.25) is 5.95 Å². The molecule has 19 heavy (non-hydrogen) atoms. The molecule has 98 valence electrons. The highest BCUT2D eigenvalue weighted by Crippen LogP contribution is 2.34. The van der Waals surface area contributed by atoms with Crippen LogP contribution in [0.2, 0.25) is 10.0 Å². The molecular weight excluding hydrogens is 358 g/mol. The van der Waals surface area contributed by atoms with E-state index in [9.17, 15) is 9.18 Å². The molecule has 1 heterocycles. The van der Waals surface area contributed by atoms with Gasteiger partial charge in [0.05, 0.1) is 21.3 Å². The number of carbonyl (C=O) groups is 1. The van der Waals surface area contributed by atoms with Crippen LogP contribution in [0.25, 0.3) is 0 Å². The summed E-state index contributed by atoms with van der Waals surface area (Å²) >= 11 is 15.2. The van der Waals surface area contributed by atoms with Gasteiger partial charge in [-0.2, -0.15) is 4.39 Å². The van der Waals surface area contributed by atoms with Crippen LogP contribution in [-0.4, -0.2) is 10.9 Å². The molecule has 0 bridgehead atoms. The fourth-order valence-corrected chi connectivity index (χ4v) is 2.70. The van der Waals surface area contributed by atoms with Crippen LogP contribution in [0.5, 0.6) is 0 Å². The Morgan fingerprint density at radius 3 is 2.53 bits per heavy atom. The number of pyridine rings is 1. The number of aromatic nitrogens is 1. The summed E-state index contributed by atoms with van der Waals surface area (Å²) < 4.78 is 14.0. The zero-order valence-corrected chi connectivity index (χ0v) is 12.4. The Balaban J connectivity index is 2.32. The maximum absolute atomic E-state index is 13.4. The van der Waals surface area contributed by atoms with Crippen molar-refractivity contribution in [3.8, 4) is 0 Å². The Bertz CT molecular complexity index is 628. The maximum Gasteiger partial charge on any atom is 0.260 e. The van der Waals surface area contributed by atoms with Crippen LogP contribution in [0.4, 0.5) is 10.1 Å². The number of nitrogens with one attached hydrogen (secondary N) is 1. The predicted molar refractivity (Wildman–Crippen MR) is 76.3 cm³/mol. The molecule has 0 saturated carbocycles. The van der Waals surface area contributed by atoms with E-state index < -0.39 is 11.9 Å². The van der Waals surface area contributed by atoms with Gasteiger partial charge in [0.15, 0.2) is 0 Å². The van der Waals surface area contributed by atoms with Crippen molar-refractivity contribution in [2.24, 2.45) is 0 Å². The third-order valence-electron chi connectivity index (χ3n) is 2.25. The van der Waals surface area contributed by atoms with Gasteiger partial charge in [-0.25, -0.2) is 4.98 Å². The minimum absolute atomic E-state index is 0.183. The molecule has 0 unspecified atom stereocenters. The fourth-order valence-electron chi connectivity index (χ4n) is 1.40. The van der Waals surface area contributed by atoms with Gasteiger partial charge in [-0.15, -0.1) is 0 Å². The Hall–Kier alpha value is -1.17. The van der Waals surface area contributed by atoms with Gasteiger partial charge in [0, 0.05) is 10.7 Å². The van der Waals surface area contributed by atoms with Crippen LogP contribution in [-0.2, 0) is 0 Å². The lowest BCUT2D eigenvalue weighted by atomic mass is 10.2. The lowest BCUT2D eigenvalue weighted by Crippen LogP contribution is -2.15. The maximum atomic E-state index is 13.4. The summed E-state index contributed by atoms with van der Waals surface area (Å²) in [5.74, 6) is -1.53. The first-order valence-electron chi connectivity index (χ1n) is 5.05. The molecule has 0 fully saturated rings. The van der Waals surface area contributed by atoms with E-state index in [1.165, 1.54) is 18.3 Å². The average Bonchev–Trinajstić information content (AvgIpc) is 2.34. The molecule has 0 radical (unpaired) electrons. The molecule has 2 rings (SSSR count). The van der Waals surface area contributed by atoms with E-state index in [0.29, 0.717) is 4.47 Å². The molecule has 0 aliphatic rings. The summed E-state index contributed by atoms with van der Waals surface area (Å²) in [7, 11) is 0. The normalized spacial score (nSPS) is 10.3. The first-order chi connectivity index (χ1) is 8.99. The van der Waals surface area contributed by atoms with E-state index in [0.717, 1.165) is 0 Å². The molecular formula is C12H6BrCl2FN2O. The van der Waals surface area contributed by atoms with Gasteiger partial charge in [-0.1, -0.05) is 39.1 Å². The quantitative estimate of drug-likeness (QED) is 0.795. The second kappa shape index (κ2) is 5.86. The highest BCUT2D eigenvalue weighted by atomic mass is 79.9. The van der Waals surface area contributed by atoms with Crippen LogP contribution in [0, 0.1) is 5.95 Å². The van der Waals surface area contributed by atoms with E-state index >= 15 is 0 Å². The lowest BCUT2D eigenvalue weighted by molar-refractivity contribution is 0.102. The molecule has 0 aliphatic heterocycles. The van der Waals surface area contributed by atoms with Crippen LogP contribution in [0.3, 0.4) is 0 Å². The zero-order chi connectivity index (χ0) is 14.0. The number of hydrogen-bond acceptors (Lipinski definition) is 2. The first-order valence-corrected chi connectivity index (χ1v) is 6.60. The van der Waals surface area contributed by atoms with Gasteiger partial charge in [-0.05, 0) is 24.3 Å². The fraction of sp³-hybridized carbons (Fsp3) is 0. The van der Waals surface area contributed by atoms with Gasteiger partial charge in [0.25, 0.3) is 5.91 Å². The molecule has 1 N–H and O–H groups in total. The molecule has 1 aromatic carbocycles. The number of halogens is 4. The molecule has 2 aromatic rings. The monoisotopic (exact) mass is 362 g/mol. The summed E-state index contributed by atoms with van der Waals surface area (Å²) in [5.41, 5.74) is 0.0392. The number of rotatable bonds is 2. The molecule has 0 spiro atoms. The van der Waals surface area contributed by atoms with Gasteiger partial charge in [0.1, 0.15) is 0 Å². The smallest absolute Gasteiger partial charge is 0.260 e. The second-order valence-corrected chi connectivity index (χ2v) is 5.27. The molecule has 0 aliphatic carbocycles. The van der Waals surface area contributed by atoms with E-state index in [2.05, 4.69) is 26.2 Å². The highest BCUT2D eigenvalue weighted by Gasteiger charge is 2.16. The van der Waals surface area contributed by atoms with Crippen molar-refractivity contribution in [2.75, 3.05) is 5.32 Å². The predicted octanol–water partition coefficient (Wildman–Crippen LogP) is 4.54. The van der Waals surface area contributed by atoms with Crippen LogP contribution in [0.15, 0.2) is 34.9 Å². The molecule has 1 aromatic heterocycles. The summed E-state index contributed by atoms with van der Waals surface area (Å²) in [6.07, 6.45) is 1.26. The lowest BCUT2D eigenvalue weighted by Gasteiger charge is -2.10. The van der Waals surface area contributed by atoms with Crippen molar-refractivity contribution in [3.63, 3.8) is 0 Å². The third kappa shape index (κ3) is 3.23. The SMILES string of the molecule is O=C(Nc1c(Cl)cc(Br)cc1Cl)c1cccnc1F. The second-order valence-electron chi connectivity index (χ2n) is 3.54. The van der Waals surface area contributed by atoms with Gasteiger partial charge < -0.3 is 5.32 Å². The summed E-state index contributed by atoms with van der Waals surface area (Å²) in [6.45, 7) is 0. The summed E-state index contributed by atoms with van der Waals surface area (Å²) in [4.78, 5) is 15.3. The summed E-state index contributed by atoms with van der Waals surface area (Å²) in [6, 6.07) is 5.92. The van der Waals surface area contributed by atoms with E-state index in [-0.39, 0.29) is 21.3 Å². The number of nitrogens with zero attached hydrogens (tertiary/aromatic N) is 1. The van der Waals surface area contributed by atoms with Crippen molar-refractivity contribution in [3.05, 3.63) is 56.5 Å². The highest BCUT2D eigenvalue weighted by molar-refractivity contribution is 9.10. The Morgan fingerprint density at radius 1 is 1.32 bits per heavy atom.